The Labute approximate surface area is 116 Å². The summed E-state index contributed by atoms with van der Waals surface area (Å²) in [5.41, 5.74) is 0.140. The van der Waals surface area contributed by atoms with E-state index in [2.05, 4.69) is 58.6 Å². The summed E-state index contributed by atoms with van der Waals surface area (Å²) in [6, 6.07) is 0.282. The molecule has 0 saturated heterocycles. The molecule has 0 saturated carbocycles. The highest BCUT2D eigenvalue weighted by atomic mass is 127. The molecule has 1 unspecified atom stereocenters. The second kappa shape index (κ2) is 6.00. The van der Waals surface area contributed by atoms with Crippen LogP contribution in [-0.2, 0) is 0 Å². The first-order chi connectivity index (χ1) is 7.43. The molecule has 0 fully saturated rings. The molecule has 0 aliphatic rings. The molecule has 0 amide bonds. The van der Waals surface area contributed by atoms with Crippen LogP contribution in [0, 0.1) is 8.99 Å². The minimum absolute atomic E-state index is 0.140. The summed E-state index contributed by atoms with van der Waals surface area (Å²) in [6.07, 6.45) is 4.51. The molecular formula is C11H17ClIN3. The van der Waals surface area contributed by atoms with E-state index >= 15 is 0 Å². The average Bonchev–Trinajstić information content (AvgIpc) is 2.19. The molecule has 1 atom stereocenters. The summed E-state index contributed by atoms with van der Waals surface area (Å²) < 4.78 is 1.04. The van der Waals surface area contributed by atoms with E-state index in [1.165, 1.54) is 0 Å². The number of nitrogens with zero attached hydrogens (tertiary/aromatic N) is 2. The van der Waals surface area contributed by atoms with Gasteiger partial charge in [0.1, 0.15) is 0 Å². The van der Waals surface area contributed by atoms with Gasteiger partial charge in [-0.15, -0.1) is 11.6 Å². The summed E-state index contributed by atoms with van der Waals surface area (Å²) in [5.74, 6) is 1.31. The number of nitrogens with one attached hydrogen (secondary N) is 1. The maximum absolute atomic E-state index is 5.81. The molecule has 1 N–H and O–H groups in total. The molecule has 5 heteroatoms. The first-order valence-corrected chi connectivity index (χ1v) is 6.85. The second-order valence-corrected chi connectivity index (χ2v) is 6.39. The summed E-state index contributed by atoms with van der Waals surface area (Å²) in [4.78, 5) is 8.48. The molecule has 0 aliphatic heterocycles. The van der Waals surface area contributed by atoms with E-state index in [9.17, 15) is 0 Å². The van der Waals surface area contributed by atoms with Gasteiger partial charge >= 0.3 is 0 Å². The minimum Gasteiger partial charge on any atom is -0.351 e. The van der Waals surface area contributed by atoms with Crippen LogP contribution in [0.4, 0.5) is 5.95 Å². The van der Waals surface area contributed by atoms with Crippen LogP contribution in [-0.4, -0.2) is 21.9 Å². The SMILES string of the molecule is CC(C)(C)C(CCCl)Nc1ncc(I)cn1. The van der Waals surface area contributed by atoms with E-state index in [1.54, 1.807) is 12.4 Å². The van der Waals surface area contributed by atoms with Crippen molar-refractivity contribution in [3.63, 3.8) is 0 Å². The highest BCUT2D eigenvalue weighted by molar-refractivity contribution is 14.1. The number of alkyl halides is 1. The van der Waals surface area contributed by atoms with E-state index < -0.39 is 0 Å². The van der Waals surface area contributed by atoms with Gasteiger partial charge in [0.2, 0.25) is 5.95 Å². The Balaban J connectivity index is 2.72. The van der Waals surface area contributed by atoms with Crippen LogP contribution in [0.15, 0.2) is 12.4 Å². The van der Waals surface area contributed by atoms with Gasteiger partial charge in [-0.05, 0) is 34.4 Å². The summed E-state index contributed by atoms with van der Waals surface area (Å²) in [7, 11) is 0. The molecular weight excluding hydrogens is 336 g/mol. The van der Waals surface area contributed by atoms with Crippen LogP contribution >= 0.6 is 34.2 Å². The lowest BCUT2D eigenvalue weighted by Gasteiger charge is -2.31. The zero-order chi connectivity index (χ0) is 12.2. The fourth-order valence-electron chi connectivity index (χ4n) is 1.37. The maximum atomic E-state index is 5.81. The topological polar surface area (TPSA) is 37.8 Å². The zero-order valence-corrected chi connectivity index (χ0v) is 12.7. The molecule has 1 aromatic rings. The Morgan fingerprint density at radius 2 is 1.94 bits per heavy atom. The van der Waals surface area contributed by atoms with Gasteiger partial charge in [0.15, 0.2) is 0 Å². The lowest BCUT2D eigenvalue weighted by Crippen LogP contribution is -2.35. The molecule has 1 heterocycles. The Morgan fingerprint density at radius 1 is 1.38 bits per heavy atom. The third-order valence-electron chi connectivity index (χ3n) is 2.37. The fraction of sp³-hybridized carbons (Fsp3) is 0.636. The van der Waals surface area contributed by atoms with E-state index in [-0.39, 0.29) is 11.5 Å². The summed E-state index contributed by atoms with van der Waals surface area (Å²) >= 11 is 8.00. The number of hydrogen-bond donors (Lipinski definition) is 1. The predicted molar refractivity (Wildman–Crippen MR) is 77.0 cm³/mol. The third-order valence-corrected chi connectivity index (χ3v) is 3.14. The Morgan fingerprint density at radius 3 is 2.38 bits per heavy atom. The number of rotatable bonds is 4. The number of aromatic nitrogens is 2. The monoisotopic (exact) mass is 353 g/mol. The van der Waals surface area contributed by atoms with Gasteiger partial charge in [0, 0.05) is 27.9 Å². The lowest BCUT2D eigenvalue weighted by molar-refractivity contribution is 0.333. The number of hydrogen-bond acceptors (Lipinski definition) is 3. The van der Waals surface area contributed by atoms with E-state index in [1.807, 2.05) is 0 Å². The summed E-state index contributed by atoms with van der Waals surface area (Å²) in [5, 5.41) is 3.34. The zero-order valence-electron chi connectivity index (χ0n) is 9.80. The fourth-order valence-corrected chi connectivity index (χ4v) is 1.87. The molecule has 0 bridgehead atoms. The first-order valence-electron chi connectivity index (χ1n) is 5.23. The third kappa shape index (κ3) is 4.41. The van der Waals surface area contributed by atoms with Crippen molar-refractivity contribution in [1.29, 1.82) is 0 Å². The molecule has 90 valence electrons. The normalized spacial score (nSPS) is 13.6. The average molecular weight is 354 g/mol. The van der Waals surface area contributed by atoms with Gasteiger partial charge in [0.25, 0.3) is 0 Å². The van der Waals surface area contributed by atoms with Crippen molar-refractivity contribution < 1.29 is 0 Å². The second-order valence-electron chi connectivity index (χ2n) is 4.77. The highest BCUT2D eigenvalue weighted by Gasteiger charge is 2.24. The number of halogens is 2. The maximum Gasteiger partial charge on any atom is 0.222 e. The molecule has 0 aromatic carbocycles. The van der Waals surface area contributed by atoms with Crippen LogP contribution in [0.3, 0.4) is 0 Å². The molecule has 1 aromatic heterocycles. The standard InChI is InChI=1S/C11H17ClIN3/c1-11(2,3)9(4-5-12)16-10-14-6-8(13)7-15-10/h6-7,9H,4-5H2,1-3H3,(H,14,15,16). The Kier molecular flexibility index (Phi) is 5.24. The van der Waals surface area contributed by atoms with Gasteiger partial charge in [-0.25, -0.2) is 9.97 Å². The molecule has 16 heavy (non-hydrogen) atoms. The van der Waals surface area contributed by atoms with E-state index in [0.29, 0.717) is 11.8 Å². The van der Waals surface area contributed by atoms with Crippen LogP contribution in [0.1, 0.15) is 27.2 Å². The van der Waals surface area contributed by atoms with E-state index in [4.69, 9.17) is 11.6 Å². The smallest absolute Gasteiger partial charge is 0.222 e. The minimum atomic E-state index is 0.140. The van der Waals surface area contributed by atoms with Crippen LogP contribution in [0.2, 0.25) is 0 Å². The van der Waals surface area contributed by atoms with Crippen LogP contribution < -0.4 is 5.32 Å². The molecule has 0 radical (unpaired) electrons. The quantitative estimate of drug-likeness (QED) is 0.664. The Bertz CT molecular complexity index is 321. The lowest BCUT2D eigenvalue weighted by atomic mass is 9.85. The predicted octanol–water partition coefficient (Wildman–Crippen LogP) is 3.54. The number of anilines is 1. The molecule has 0 spiro atoms. The summed E-state index contributed by atoms with van der Waals surface area (Å²) in [6.45, 7) is 6.55. The van der Waals surface area contributed by atoms with Crippen molar-refractivity contribution in [3.05, 3.63) is 16.0 Å². The Hall–Kier alpha value is -0.100. The largest absolute Gasteiger partial charge is 0.351 e. The van der Waals surface area contributed by atoms with Crippen LogP contribution in [0.5, 0.6) is 0 Å². The van der Waals surface area contributed by atoms with Gasteiger partial charge in [-0.1, -0.05) is 20.8 Å². The van der Waals surface area contributed by atoms with Crippen molar-refractivity contribution >= 4 is 40.1 Å². The highest BCUT2D eigenvalue weighted by Crippen LogP contribution is 2.24. The molecule has 0 aliphatic carbocycles. The van der Waals surface area contributed by atoms with Gasteiger partial charge in [-0.3, -0.25) is 0 Å². The van der Waals surface area contributed by atoms with Crippen molar-refractivity contribution in [1.82, 2.24) is 9.97 Å². The van der Waals surface area contributed by atoms with Crippen molar-refractivity contribution in [2.75, 3.05) is 11.2 Å². The van der Waals surface area contributed by atoms with Crippen molar-refractivity contribution in [2.24, 2.45) is 5.41 Å². The van der Waals surface area contributed by atoms with Crippen molar-refractivity contribution in [3.8, 4) is 0 Å². The first kappa shape index (κ1) is 14.0. The van der Waals surface area contributed by atoms with Gasteiger partial charge in [0.05, 0.1) is 0 Å². The molecule has 1 rings (SSSR count). The van der Waals surface area contributed by atoms with E-state index in [0.717, 1.165) is 9.99 Å². The van der Waals surface area contributed by atoms with Crippen molar-refractivity contribution in [2.45, 2.75) is 33.2 Å². The van der Waals surface area contributed by atoms with Gasteiger partial charge in [-0.2, -0.15) is 0 Å². The molecule has 3 nitrogen and oxygen atoms in total. The van der Waals surface area contributed by atoms with Gasteiger partial charge < -0.3 is 5.32 Å². The van der Waals surface area contributed by atoms with Crippen LogP contribution in [0.25, 0.3) is 0 Å².